The molecule has 2 aromatic heterocycles. The van der Waals surface area contributed by atoms with E-state index in [1.807, 2.05) is 24.4 Å². The van der Waals surface area contributed by atoms with Crippen molar-refractivity contribution >= 4 is 11.9 Å². The number of carbonyl (C=O) groups is 1. The summed E-state index contributed by atoms with van der Waals surface area (Å²) < 4.78 is 1.75. The van der Waals surface area contributed by atoms with E-state index < -0.39 is 0 Å². The Labute approximate surface area is 159 Å². The summed E-state index contributed by atoms with van der Waals surface area (Å²) in [6.07, 6.45) is 8.04. The van der Waals surface area contributed by atoms with Crippen molar-refractivity contribution in [2.24, 2.45) is 10.9 Å². The molecule has 0 spiro atoms. The number of pyridine rings is 1. The van der Waals surface area contributed by atoms with Crippen LogP contribution in [0.15, 0.2) is 41.8 Å². The lowest BCUT2D eigenvalue weighted by atomic mass is 9.93. The molecule has 1 aliphatic heterocycles. The first-order chi connectivity index (χ1) is 13.2. The molecule has 0 bridgehead atoms. The van der Waals surface area contributed by atoms with Crippen LogP contribution in [0.4, 0.5) is 0 Å². The largest absolute Gasteiger partial charge is 0.359 e. The van der Waals surface area contributed by atoms with Crippen LogP contribution < -0.4 is 10.6 Å². The fourth-order valence-corrected chi connectivity index (χ4v) is 3.33. The first-order valence-corrected chi connectivity index (χ1v) is 9.30. The average Bonchev–Trinajstić information content (AvgIpc) is 3.24. The van der Waals surface area contributed by atoms with Gasteiger partial charge in [0.05, 0.1) is 0 Å². The minimum atomic E-state index is 0.127. The Hall–Kier alpha value is -2.90. The summed E-state index contributed by atoms with van der Waals surface area (Å²) in [5, 5.41) is 10.4. The van der Waals surface area contributed by atoms with Gasteiger partial charge in [0.1, 0.15) is 0 Å². The number of carbonyl (C=O) groups excluding carboxylic acids is 1. The van der Waals surface area contributed by atoms with Gasteiger partial charge in [0.2, 0.25) is 5.91 Å². The van der Waals surface area contributed by atoms with Gasteiger partial charge in [0.15, 0.2) is 11.8 Å². The number of piperidine rings is 1. The molecular weight excluding hydrogens is 342 g/mol. The molecule has 0 radical (unpaired) electrons. The maximum atomic E-state index is 11.6. The van der Waals surface area contributed by atoms with Gasteiger partial charge >= 0.3 is 0 Å². The molecule has 1 fully saturated rings. The van der Waals surface area contributed by atoms with E-state index in [0.29, 0.717) is 18.9 Å². The van der Waals surface area contributed by atoms with Crippen LogP contribution >= 0.6 is 0 Å². The number of amides is 1. The molecule has 8 heteroatoms. The van der Waals surface area contributed by atoms with E-state index in [0.717, 1.165) is 43.3 Å². The average molecular weight is 369 g/mol. The van der Waals surface area contributed by atoms with Crippen LogP contribution in [0.5, 0.6) is 0 Å². The van der Waals surface area contributed by atoms with Crippen molar-refractivity contribution < 1.29 is 4.79 Å². The number of hydrogen-bond acceptors (Lipinski definition) is 4. The van der Waals surface area contributed by atoms with Gasteiger partial charge in [-0.15, -0.1) is 0 Å². The number of nitrogens with one attached hydrogen (secondary N) is 2. The summed E-state index contributed by atoms with van der Waals surface area (Å²) in [6, 6.07) is 5.88. The van der Waals surface area contributed by atoms with Gasteiger partial charge in [0.25, 0.3) is 0 Å². The van der Waals surface area contributed by atoms with Gasteiger partial charge in [-0.2, -0.15) is 5.10 Å². The second kappa shape index (κ2) is 9.16. The summed E-state index contributed by atoms with van der Waals surface area (Å²) in [4.78, 5) is 22.6. The van der Waals surface area contributed by atoms with Crippen molar-refractivity contribution in [3.63, 3.8) is 0 Å². The molecule has 0 aromatic carbocycles. The van der Waals surface area contributed by atoms with Crippen molar-refractivity contribution in [3.8, 4) is 5.82 Å². The van der Waals surface area contributed by atoms with Crippen LogP contribution in [0.2, 0.25) is 0 Å². The molecule has 1 saturated heterocycles. The standard InChI is InChI=1S/C19H27N7O/c1-20-18(27)13-15-5-10-25(11-6-15)19(21-2)23-14-16-4-8-22-17(12-16)26-9-3-7-24-26/h3-4,7-9,12,15H,5-6,10-11,13-14H2,1-2H3,(H,20,27)(H,21,23). The Morgan fingerprint density at radius 1 is 1.33 bits per heavy atom. The highest BCUT2D eigenvalue weighted by Gasteiger charge is 2.23. The molecular formula is C19H27N7O. The molecule has 0 saturated carbocycles. The number of hydrogen-bond donors (Lipinski definition) is 2. The first-order valence-electron chi connectivity index (χ1n) is 9.30. The molecule has 27 heavy (non-hydrogen) atoms. The van der Waals surface area contributed by atoms with E-state index in [-0.39, 0.29) is 5.91 Å². The lowest BCUT2D eigenvalue weighted by Crippen LogP contribution is -2.45. The van der Waals surface area contributed by atoms with E-state index in [9.17, 15) is 4.79 Å². The molecule has 3 rings (SSSR count). The molecule has 0 atom stereocenters. The maximum absolute atomic E-state index is 11.6. The lowest BCUT2D eigenvalue weighted by Gasteiger charge is -2.34. The Morgan fingerprint density at radius 3 is 2.81 bits per heavy atom. The van der Waals surface area contributed by atoms with Crippen molar-refractivity contribution in [1.82, 2.24) is 30.3 Å². The van der Waals surface area contributed by atoms with E-state index in [1.165, 1.54) is 0 Å². The van der Waals surface area contributed by atoms with E-state index >= 15 is 0 Å². The topological polar surface area (TPSA) is 87.4 Å². The number of rotatable bonds is 5. The molecule has 2 N–H and O–H groups in total. The van der Waals surface area contributed by atoms with Gasteiger partial charge in [-0.1, -0.05) is 0 Å². The lowest BCUT2D eigenvalue weighted by molar-refractivity contribution is -0.121. The van der Waals surface area contributed by atoms with Crippen LogP contribution in [0, 0.1) is 5.92 Å². The number of guanidine groups is 1. The molecule has 1 amide bonds. The third-order valence-electron chi connectivity index (χ3n) is 4.88. The Bertz CT molecular complexity index is 764. The van der Waals surface area contributed by atoms with Crippen LogP contribution in [0.25, 0.3) is 5.82 Å². The van der Waals surface area contributed by atoms with E-state index in [4.69, 9.17) is 0 Å². The molecule has 0 unspecified atom stereocenters. The van der Waals surface area contributed by atoms with Crippen LogP contribution in [0.3, 0.4) is 0 Å². The third-order valence-corrected chi connectivity index (χ3v) is 4.88. The second-order valence-corrected chi connectivity index (χ2v) is 6.68. The fourth-order valence-electron chi connectivity index (χ4n) is 3.33. The van der Waals surface area contributed by atoms with Gasteiger partial charge in [-0.05, 0) is 42.5 Å². The normalized spacial score (nSPS) is 15.6. The fraction of sp³-hybridized carbons (Fsp3) is 0.474. The van der Waals surface area contributed by atoms with Gasteiger partial charge in [0, 0.05) is 58.7 Å². The summed E-state index contributed by atoms with van der Waals surface area (Å²) in [7, 11) is 3.50. The number of aliphatic imine (C=N–C) groups is 1. The molecule has 0 aliphatic carbocycles. The SMILES string of the molecule is CN=C(NCc1ccnc(-n2cccn2)c1)N1CCC(CC(=O)NC)CC1. The maximum Gasteiger partial charge on any atom is 0.220 e. The minimum Gasteiger partial charge on any atom is -0.359 e. The van der Waals surface area contributed by atoms with Crippen molar-refractivity contribution in [2.45, 2.75) is 25.8 Å². The highest BCUT2D eigenvalue weighted by Crippen LogP contribution is 2.20. The summed E-state index contributed by atoms with van der Waals surface area (Å²) >= 11 is 0. The van der Waals surface area contributed by atoms with Crippen LogP contribution in [-0.2, 0) is 11.3 Å². The summed E-state index contributed by atoms with van der Waals surface area (Å²) in [5.41, 5.74) is 1.12. The first kappa shape index (κ1) is 18.9. The zero-order chi connectivity index (χ0) is 19.1. The zero-order valence-corrected chi connectivity index (χ0v) is 15.9. The highest BCUT2D eigenvalue weighted by atomic mass is 16.1. The van der Waals surface area contributed by atoms with E-state index in [2.05, 4.69) is 30.6 Å². The van der Waals surface area contributed by atoms with Gasteiger partial charge < -0.3 is 15.5 Å². The molecule has 2 aromatic rings. The van der Waals surface area contributed by atoms with E-state index in [1.54, 1.807) is 31.2 Å². The van der Waals surface area contributed by atoms with Crippen molar-refractivity contribution in [1.29, 1.82) is 0 Å². The Balaban J connectivity index is 1.53. The Morgan fingerprint density at radius 2 is 2.15 bits per heavy atom. The monoisotopic (exact) mass is 369 g/mol. The predicted octanol–water partition coefficient (Wildman–Crippen LogP) is 1.19. The number of aromatic nitrogens is 3. The summed E-state index contributed by atoms with van der Waals surface area (Å²) in [6.45, 7) is 2.49. The van der Waals surface area contributed by atoms with Gasteiger partial charge in [-0.25, -0.2) is 9.67 Å². The third kappa shape index (κ3) is 5.06. The van der Waals surface area contributed by atoms with Gasteiger partial charge in [-0.3, -0.25) is 9.79 Å². The number of nitrogens with zero attached hydrogens (tertiary/aromatic N) is 5. The predicted molar refractivity (Wildman–Crippen MR) is 105 cm³/mol. The molecule has 1 aliphatic rings. The highest BCUT2D eigenvalue weighted by molar-refractivity contribution is 5.80. The smallest absolute Gasteiger partial charge is 0.220 e. The van der Waals surface area contributed by atoms with Crippen LogP contribution in [0.1, 0.15) is 24.8 Å². The number of likely N-dealkylation sites (tertiary alicyclic amines) is 1. The Kier molecular flexibility index (Phi) is 6.40. The quantitative estimate of drug-likeness (QED) is 0.611. The molecule has 144 valence electrons. The molecule has 3 heterocycles. The molecule has 8 nitrogen and oxygen atoms in total. The van der Waals surface area contributed by atoms with Crippen molar-refractivity contribution in [2.75, 3.05) is 27.2 Å². The summed E-state index contributed by atoms with van der Waals surface area (Å²) in [5.74, 6) is 2.27. The van der Waals surface area contributed by atoms with Crippen LogP contribution in [-0.4, -0.2) is 58.7 Å². The second-order valence-electron chi connectivity index (χ2n) is 6.68. The zero-order valence-electron chi connectivity index (χ0n) is 15.9. The minimum absolute atomic E-state index is 0.127. The van der Waals surface area contributed by atoms with Crippen molar-refractivity contribution in [3.05, 3.63) is 42.4 Å².